The maximum Gasteiger partial charge on any atom is 0.184 e. The van der Waals surface area contributed by atoms with Gasteiger partial charge in [-0.2, -0.15) is 5.10 Å². The molecule has 5 heteroatoms. The van der Waals surface area contributed by atoms with Crippen molar-refractivity contribution in [1.29, 1.82) is 0 Å². The minimum Gasteiger partial charge on any atom is -0.491 e. The van der Waals surface area contributed by atoms with Crippen molar-refractivity contribution in [2.45, 2.75) is 38.5 Å². The second-order valence-corrected chi connectivity index (χ2v) is 7.43. The predicted molar refractivity (Wildman–Crippen MR) is 114 cm³/mol. The summed E-state index contributed by atoms with van der Waals surface area (Å²) in [5, 5.41) is 9.01. The first-order chi connectivity index (χ1) is 13.8. The Labute approximate surface area is 166 Å². The molecule has 148 valence electrons. The monoisotopic (exact) mass is 379 g/mol. The van der Waals surface area contributed by atoms with E-state index in [1.165, 1.54) is 11.1 Å². The summed E-state index contributed by atoms with van der Waals surface area (Å²) in [4.78, 5) is 2.42. The fraction of sp³-hybridized carbons (Fsp3) is 0.435. The van der Waals surface area contributed by atoms with Gasteiger partial charge in [-0.25, -0.2) is 0 Å². The van der Waals surface area contributed by atoms with Crippen molar-refractivity contribution < 1.29 is 9.47 Å². The largest absolute Gasteiger partial charge is 0.491 e. The molecule has 0 amide bonds. The fourth-order valence-electron chi connectivity index (χ4n) is 4.10. The number of fused-ring (bicyclic) bond motifs is 1. The molecule has 0 unspecified atom stereocenters. The summed E-state index contributed by atoms with van der Waals surface area (Å²) < 4.78 is 11.7. The van der Waals surface area contributed by atoms with Gasteiger partial charge in [0.1, 0.15) is 0 Å². The maximum atomic E-state index is 5.96. The molecule has 1 aliphatic heterocycles. The molecule has 0 radical (unpaired) electrons. The van der Waals surface area contributed by atoms with E-state index in [1.54, 1.807) is 7.11 Å². The molecule has 0 spiro atoms. The number of nitrogens with zero attached hydrogens (tertiary/aromatic N) is 2. The number of aromatic nitrogens is 2. The van der Waals surface area contributed by atoms with Crippen molar-refractivity contribution in [3.05, 3.63) is 48.2 Å². The standard InChI is InChI=1S/C23H29N3O2/c1-3-4-16-28-21-11-7-10-20(23(21)27-2)26-14-12-17(13-15-26)22-18-8-5-6-9-19(18)24-25-22/h5-11,17H,3-4,12-16H2,1-2H3,(H,24,25). The highest BCUT2D eigenvalue weighted by atomic mass is 16.5. The second kappa shape index (κ2) is 8.55. The summed E-state index contributed by atoms with van der Waals surface area (Å²) in [6, 6.07) is 14.6. The first kappa shape index (κ1) is 18.7. The average Bonchev–Trinajstić information content (AvgIpc) is 3.18. The third kappa shape index (κ3) is 3.66. The number of para-hydroxylation sites is 2. The Morgan fingerprint density at radius 3 is 2.71 bits per heavy atom. The molecule has 0 bridgehead atoms. The lowest BCUT2D eigenvalue weighted by Gasteiger charge is -2.34. The number of piperidine rings is 1. The van der Waals surface area contributed by atoms with Crippen molar-refractivity contribution in [1.82, 2.24) is 10.2 Å². The van der Waals surface area contributed by atoms with E-state index in [4.69, 9.17) is 9.47 Å². The molecule has 5 nitrogen and oxygen atoms in total. The zero-order chi connectivity index (χ0) is 19.3. The van der Waals surface area contributed by atoms with Gasteiger partial charge >= 0.3 is 0 Å². The van der Waals surface area contributed by atoms with Crippen LogP contribution in [-0.4, -0.2) is 37.0 Å². The van der Waals surface area contributed by atoms with Crippen LogP contribution in [0.2, 0.25) is 0 Å². The molecule has 2 aromatic carbocycles. The molecule has 3 aromatic rings. The summed E-state index contributed by atoms with van der Waals surface area (Å²) in [6.45, 7) is 4.88. The third-order valence-corrected chi connectivity index (χ3v) is 5.65. The van der Waals surface area contributed by atoms with Crippen molar-refractivity contribution in [3.8, 4) is 11.5 Å². The predicted octanol–water partition coefficient (Wildman–Crippen LogP) is 5.13. The lowest BCUT2D eigenvalue weighted by molar-refractivity contribution is 0.288. The minimum absolute atomic E-state index is 0.513. The topological polar surface area (TPSA) is 50.4 Å². The van der Waals surface area contributed by atoms with Gasteiger partial charge in [-0.05, 0) is 37.5 Å². The van der Waals surface area contributed by atoms with E-state index in [2.05, 4.69) is 52.4 Å². The fourth-order valence-corrected chi connectivity index (χ4v) is 4.10. The van der Waals surface area contributed by atoms with E-state index in [9.17, 15) is 0 Å². The Hall–Kier alpha value is -2.69. The highest BCUT2D eigenvalue weighted by Gasteiger charge is 2.26. The van der Waals surface area contributed by atoms with Gasteiger partial charge in [0.25, 0.3) is 0 Å². The average molecular weight is 380 g/mol. The number of nitrogens with one attached hydrogen (secondary N) is 1. The molecule has 0 atom stereocenters. The molecule has 1 N–H and O–H groups in total. The van der Waals surface area contributed by atoms with E-state index in [-0.39, 0.29) is 0 Å². The van der Waals surface area contributed by atoms with Crippen LogP contribution < -0.4 is 14.4 Å². The minimum atomic E-state index is 0.513. The lowest BCUT2D eigenvalue weighted by atomic mass is 9.91. The third-order valence-electron chi connectivity index (χ3n) is 5.65. The number of rotatable bonds is 7. The van der Waals surface area contributed by atoms with E-state index < -0.39 is 0 Å². The van der Waals surface area contributed by atoms with Crippen LogP contribution in [0.25, 0.3) is 10.9 Å². The van der Waals surface area contributed by atoms with Gasteiger partial charge in [-0.15, -0.1) is 0 Å². The van der Waals surface area contributed by atoms with Crippen LogP contribution in [0.5, 0.6) is 11.5 Å². The molecule has 1 aliphatic rings. The molecule has 1 saturated heterocycles. The molecule has 28 heavy (non-hydrogen) atoms. The Morgan fingerprint density at radius 1 is 1.11 bits per heavy atom. The summed E-state index contributed by atoms with van der Waals surface area (Å²) in [5.74, 6) is 2.21. The Balaban J connectivity index is 1.48. The molecular weight excluding hydrogens is 350 g/mol. The summed E-state index contributed by atoms with van der Waals surface area (Å²) in [6.07, 6.45) is 4.36. The van der Waals surface area contributed by atoms with Gasteiger partial charge in [-0.3, -0.25) is 5.10 Å². The van der Waals surface area contributed by atoms with E-state index in [0.717, 1.165) is 68.1 Å². The highest BCUT2D eigenvalue weighted by molar-refractivity contribution is 5.81. The molecule has 2 heterocycles. The van der Waals surface area contributed by atoms with E-state index in [1.807, 2.05) is 12.1 Å². The van der Waals surface area contributed by atoms with Gasteiger partial charge in [0.05, 0.1) is 24.9 Å². The summed E-state index contributed by atoms with van der Waals surface area (Å²) in [5.41, 5.74) is 3.46. The molecule has 4 rings (SSSR count). The van der Waals surface area contributed by atoms with E-state index >= 15 is 0 Å². The van der Waals surface area contributed by atoms with Gasteiger partial charge in [0, 0.05) is 30.1 Å². The molecule has 1 fully saturated rings. The van der Waals surface area contributed by atoms with Crippen molar-refractivity contribution in [2.24, 2.45) is 0 Å². The maximum absolute atomic E-state index is 5.96. The number of ether oxygens (including phenoxy) is 2. The SMILES string of the molecule is CCCCOc1cccc(N2CCC(c3[nH]nc4ccccc34)CC2)c1OC. The number of H-pyrrole nitrogens is 1. The van der Waals surface area contributed by atoms with Crippen molar-refractivity contribution in [3.63, 3.8) is 0 Å². The van der Waals surface area contributed by atoms with E-state index in [0.29, 0.717) is 5.92 Å². The number of hydrogen-bond acceptors (Lipinski definition) is 4. The quantitative estimate of drug-likeness (QED) is 0.578. The van der Waals surface area contributed by atoms with Gasteiger partial charge in [0.2, 0.25) is 0 Å². The number of hydrogen-bond donors (Lipinski definition) is 1. The number of methoxy groups -OCH3 is 1. The van der Waals surface area contributed by atoms with Gasteiger partial charge in [-0.1, -0.05) is 37.6 Å². The number of unbranched alkanes of at least 4 members (excludes halogenated alkanes) is 1. The Bertz CT molecular complexity index is 913. The first-order valence-corrected chi connectivity index (χ1v) is 10.3. The second-order valence-electron chi connectivity index (χ2n) is 7.43. The Kier molecular flexibility index (Phi) is 5.70. The molecule has 1 aromatic heterocycles. The molecule has 0 saturated carbocycles. The first-order valence-electron chi connectivity index (χ1n) is 10.3. The zero-order valence-corrected chi connectivity index (χ0v) is 16.8. The number of benzene rings is 2. The van der Waals surface area contributed by atoms with Crippen molar-refractivity contribution in [2.75, 3.05) is 31.7 Å². The van der Waals surface area contributed by atoms with Crippen molar-refractivity contribution >= 4 is 16.6 Å². The van der Waals surface area contributed by atoms with Gasteiger partial charge < -0.3 is 14.4 Å². The van der Waals surface area contributed by atoms with Crippen LogP contribution in [0, 0.1) is 0 Å². The number of aromatic amines is 1. The summed E-state index contributed by atoms with van der Waals surface area (Å²) in [7, 11) is 1.73. The summed E-state index contributed by atoms with van der Waals surface area (Å²) >= 11 is 0. The van der Waals surface area contributed by atoms with Crippen LogP contribution in [0.4, 0.5) is 5.69 Å². The highest BCUT2D eigenvalue weighted by Crippen LogP contribution is 2.40. The van der Waals surface area contributed by atoms with Crippen LogP contribution >= 0.6 is 0 Å². The van der Waals surface area contributed by atoms with Gasteiger partial charge in [0.15, 0.2) is 11.5 Å². The zero-order valence-electron chi connectivity index (χ0n) is 16.8. The smallest absolute Gasteiger partial charge is 0.184 e. The van der Waals surface area contributed by atoms with Crippen LogP contribution in [0.15, 0.2) is 42.5 Å². The molecule has 0 aliphatic carbocycles. The Morgan fingerprint density at radius 2 is 1.93 bits per heavy atom. The normalized spacial score (nSPS) is 15.1. The lowest BCUT2D eigenvalue weighted by Crippen LogP contribution is -2.33. The van der Waals surface area contributed by atoms with Crippen LogP contribution in [0.3, 0.4) is 0 Å². The van der Waals surface area contributed by atoms with Crippen LogP contribution in [-0.2, 0) is 0 Å². The number of anilines is 1. The van der Waals surface area contributed by atoms with Crippen LogP contribution in [0.1, 0.15) is 44.2 Å². The molecular formula is C23H29N3O2.